The summed E-state index contributed by atoms with van der Waals surface area (Å²) < 4.78 is 5.23. The molecule has 2 atom stereocenters. The van der Waals surface area contributed by atoms with Crippen molar-refractivity contribution in [1.29, 1.82) is 5.26 Å². The van der Waals surface area contributed by atoms with E-state index in [1.165, 1.54) is 6.42 Å². The Bertz CT molecular complexity index is 496. The zero-order valence-electron chi connectivity index (χ0n) is 12.2. The molecule has 20 heavy (non-hydrogen) atoms. The Balaban J connectivity index is 2.07. The van der Waals surface area contributed by atoms with Crippen LogP contribution in [0, 0.1) is 11.3 Å². The minimum absolute atomic E-state index is 0.227. The van der Waals surface area contributed by atoms with Gasteiger partial charge in [0.05, 0.1) is 18.8 Å². The Hall–Kier alpha value is -1.57. The fourth-order valence-electron chi connectivity index (χ4n) is 2.94. The van der Waals surface area contributed by atoms with Crippen LogP contribution >= 0.6 is 0 Å². The van der Waals surface area contributed by atoms with Crippen molar-refractivity contribution in [2.75, 3.05) is 14.2 Å². The first-order valence-corrected chi connectivity index (χ1v) is 7.11. The molecule has 1 fully saturated rings. The smallest absolute Gasteiger partial charge is 0.136 e. The molecule has 0 radical (unpaired) electrons. The van der Waals surface area contributed by atoms with Gasteiger partial charge in [0.15, 0.2) is 0 Å². The summed E-state index contributed by atoms with van der Waals surface area (Å²) in [4.78, 5) is 2.20. The molecule has 1 aliphatic carbocycles. The summed E-state index contributed by atoms with van der Waals surface area (Å²) >= 11 is 0. The highest BCUT2D eigenvalue weighted by Crippen LogP contribution is 2.25. The number of nitriles is 1. The first-order valence-electron chi connectivity index (χ1n) is 7.11. The predicted octanol–water partition coefficient (Wildman–Crippen LogP) is 2.30. The van der Waals surface area contributed by atoms with Crippen molar-refractivity contribution in [3.8, 4) is 11.8 Å². The van der Waals surface area contributed by atoms with Gasteiger partial charge in [0.25, 0.3) is 0 Å². The van der Waals surface area contributed by atoms with E-state index in [9.17, 15) is 5.11 Å². The number of hydrogen-bond acceptors (Lipinski definition) is 4. The summed E-state index contributed by atoms with van der Waals surface area (Å²) in [5.74, 6) is 0.614. The molecule has 0 amide bonds. The molecule has 0 spiro atoms. The molecular formula is C16H22N2O2. The fourth-order valence-corrected chi connectivity index (χ4v) is 2.94. The Morgan fingerprint density at radius 1 is 1.40 bits per heavy atom. The van der Waals surface area contributed by atoms with Crippen molar-refractivity contribution in [2.45, 2.75) is 44.4 Å². The SMILES string of the molecule is COc1cc(CN(C)C2CCCCC2O)ccc1C#N. The van der Waals surface area contributed by atoms with Gasteiger partial charge in [-0.25, -0.2) is 0 Å². The summed E-state index contributed by atoms with van der Waals surface area (Å²) in [7, 11) is 3.62. The first kappa shape index (κ1) is 14.8. The van der Waals surface area contributed by atoms with Gasteiger partial charge in [-0.3, -0.25) is 4.90 Å². The summed E-state index contributed by atoms with van der Waals surface area (Å²) in [6.45, 7) is 0.754. The normalized spacial score (nSPS) is 22.6. The summed E-state index contributed by atoms with van der Waals surface area (Å²) in [5, 5.41) is 19.1. The molecule has 1 N–H and O–H groups in total. The van der Waals surface area contributed by atoms with Gasteiger partial charge in [-0.2, -0.15) is 5.26 Å². The van der Waals surface area contributed by atoms with E-state index < -0.39 is 0 Å². The minimum Gasteiger partial charge on any atom is -0.495 e. The van der Waals surface area contributed by atoms with Crippen molar-refractivity contribution < 1.29 is 9.84 Å². The van der Waals surface area contributed by atoms with Crippen LogP contribution in [0.4, 0.5) is 0 Å². The fraction of sp³-hybridized carbons (Fsp3) is 0.562. The lowest BCUT2D eigenvalue weighted by molar-refractivity contribution is 0.0288. The lowest BCUT2D eigenvalue weighted by Gasteiger charge is -2.35. The van der Waals surface area contributed by atoms with E-state index in [1.807, 2.05) is 19.2 Å². The topological polar surface area (TPSA) is 56.5 Å². The van der Waals surface area contributed by atoms with E-state index in [4.69, 9.17) is 10.00 Å². The number of rotatable bonds is 4. The number of aliphatic hydroxyl groups is 1. The van der Waals surface area contributed by atoms with Crippen LogP contribution in [0.3, 0.4) is 0 Å². The maximum Gasteiger partial charge on any atom is 0.136 e. The molecule has 2 unspecified atom stereocenters. The molecular weight excluding hydrogens is 252 g/mol. The van der Waals surface area contributed by atoms with Crippen LogP contribution in [-0.2, 0) is 6.54 Å². The van der Waals surface area contributed by atoms with E-state index in [0.717, 1.165) is 31.4 Å². The van der Waals surface area contributed by atoms with Gasteiger partial charge in [0.2, 0.25) is 0 Å². The van der Waals surface area contributed by atoms with Gasteiger partial charge >= 0.3 is 0 Å². The monoisotopic (exact) mass is 274 g/mol. The lowest BCUT2D eigenvalue weighted by Crippen LogP contribution is -2.42. The van der Waals surface area contributed by atoms with Crippen LogP contribution in [0.15, 0.2) is 18.2 Å². The number of ether oxygens (including phenoxy) is 1. The molecule has 0 bridgehead atoms. The summed E-state index contributed by atoms with van der Waals surface area (Å²) in [6.07, 6.45) is 4.02. The highest BCUT2D eigenvalue weighted by Gasteiger charge is 2.26. The van der Waals surface area contributed by atoms with Crippen LogP contribution in [0.1, 0.15) is 36.8 Å². The molecule has 0 saturated heterocycles. The van der Waals surface area contributed by atoms with E-state index in [1.54, 1.807) is 13.2 Å². The molecule has 4 heteroatoms. The van der Waals surface area contributed by atoms with E-state index in [-0.39, 0.29) is 12.1 Å². The molecule has 0 aliphatic heterocycles. The van der Waals surface area contributed by atoms with Crippen molar-refractivity contribution in [3.05, 3.63) is 29.3 Å². The molecule has 1 aliphatic rings. The number of hydrogen-bond donors (Lipinski definition) is 1. The molecule has 1 aromatic rings. The van der Waals surface area contributed by atoms with Crippen LogP contribution in [-0.4, -0.2) is 36.3 Å². The van der Waals surface area contributed by atoms with Gasteiger partial charge in [-0.05, 0) is 37.6 Å². The van der Waals surface area contributed by atoms with Crippen LogP contribution < -0.4 is 4.74 Å². The van der Waals surface area contributed by atoms with E-state index in [0.29, 0.717) is 11.3 Å². The van der Waals surface area contributed by atoms with Gasteiger partial charge in [0.1, 0.15) is 11.8 Å². The quantitative estimate of drug-likeness (QED) is 0.915. The molecule has 1 saturated carbocycles. The van der Waals surface area contributed by atoms with Gasteiger partial charge in [0, 0.05) is 12.6 Å². The number of likely N-dealkylation sites (N-methyl/N-ethyl adjacent to an activating group) is 1. The zero-order valence-corrected chi connectivity index (χ0v) is 12.2. The van der Waals surface area contributed by atoms with Crippen molar-refractivity contribution in [1.82, 2.24) is 4.90 Å². The number of benzene rings is 1. The second kappa shape index (κ2) is 6.74. The maximum absolute atomic E-state index is 10.1. The maximum atomic E-state index is 10.1. The second-order valence-corrected chi connectivity index (χ2v) is 5.48. The molecule has 4 nitrogen and oxygen atoms in total. The predicted molar refractivity (Wildman–Crippen MR) is 77.4 cm³/mol. The Morgan fingerprint density at radius 3 is 2.80 bits per heavy atom. The average molecular weight is 274 g/mol. The van der Waals surface area contributed by atoms with Crippen molar-refractivity contribution in [2.24, 2.45) is 0 Å². The largest absolute Gasteiger partial charge is 0.495 e. The molecule has 108 valence electrons. The number of methoxy groups -OCH3 is 1. The highest BCUT2D eigenvalue weighted by atomic mass is 16.5. The van der Waals surface area contributed by atoms with Crippen LogP contribution in [0.2, 0.25) is 0 Å². The Kier molecular flexibility index (Phi) is 4.99. The lowest BCUT2D eigenvalue weighted by atomic mass is 9.91. The third-order valence-corrected chi connectivity index (χ3v) is 4.08. The summed E-state index contributed by atoms with van der Waals surface area (Å²) in [6, 6.07) is 8.00. The third kappa shape index (κ3) is 3.30. The van der Waals surface area contributed by atoms with Gasteiger partial charge < -0.3 is 9.84 Å². The summed E-state index contributed by atoms with van der Waals surface area (Å²) in [5.41, 5.74) is 1.65. The van der Waals surface area contributed by atoms with Crippen LogP contribution in [0.25, 0.3) is 0 Å². The third-order valence-electron chi connectivity index (χ3n) is 4.08. The number of nitrogens with zero attached hydrogens (tertiary/aromatic N) is 2. The molecule has 1 aromatic carbocycles. The second-order valence-electron chi connectivity index (χ2n) is 5.48. The zero-order chi connectivity index (χ0) is 14.5. The number of aliphatic hydroxyl groups excluding tert-OH is 1. The van der Waals surface area contributed by atoms with Crippen molar-refractivity contribution in [3.63, 3.8) is 0 Å². The minimum atomic E-state index is -0.228. The van der Waals surface area contributed by atoms with E-state index in [2.05, 4.69) is 11.0 Å². The Morgan fingerprint density at radius 2 is 2.15 bits per heavy atom. The highest BCUT2D eigenvalue weighted by molar-refractivity contribution is 5.45. The van der Waals surface area contributed by atoms with Crippen molar-refractivity contribution >= 4 is 0 Å². The van der Waals surface area contributed by atoms with Crippen LogP contribution in [0.5, 0.6) is 5.75 Å². The Labute approximate surface area is 120 Å². The molecule has 0 heterocycles. The van der Waals surface area contributed by atoms with E-state index >= 15 is 0 Å². The van der Waals surface area contributed by atoms with Gasteiger partial charge in [-0.1, -0.05) is 18.9 Å². The first-order chi connectivity index (χ1) is 9.65. The average Bonchev–Trinajstić information content (AvgIpc) is 2.47. The standard InChI is InChI=1S/C16H22N2O2/c1-18(14-5-3-4-6-15(14)19)11-12-7-8-13(10-17)16(9-12)20-2/h7-9,14-15,19H,3-6,11H2,1-2H3. The van der Waals surface area contributed by atoms with Gasteiger partial charge in [-0.15, -0.1) is 0 Å². The molecule has 0 aromatic heterocycles. The molecule has 2 rings (SSSR count).